The Hall–Kier alpha value is -1.68. The van der Waals surface area contributed by atoms with E-state index in [0.29, 0.717) is 5.56 Å². The zero-order valence-corrected chi connectivity index (χ0v) is 12.0. The van der Waals surface area contributed by atoms with Crippen molar-refractivity contribution in [3.8, 4) is 0 Å². The summed E-state index contributed by atoms with van der Waals surface area (Å²) in [6.45, 7) is 5.30. The summed E-state index contributed by atoms with van der Waals surface area (Å²) in [6, 6.07) is 4.13. The fourth-order valence-electron chi connectivity index (χ4n) is 2.96. The molecule has 1 aliphatic rings. The van der Waals surface area contributed by atoms with Crippen LogP contribution in [-0.4, -0.2) is 39.9 Å². The number of carbonyl (C=O) groups excluding carboxylic acids is 1. The van der Waals surface area contributed by atoms with Crippen LogP contribution < -0.4 is 0 Å². The molecule has 0 unspecified atom stereocenters. The molecule has 0 aromatic carbocycles. The average Bonchev–Trinajstić information content (AvgIpc) is 3.06. The summed E-state index contributed by atoms with van der Waals surface area (Å²) < 4.78 is 1.82. The average molecular weight is 271 g/mol. The lowest BCUT2D eigenvalue weighted by molar-refractivity contribution is 0.101. The molecular weight excluding hydrogens is 250 g/mol. The van der Waals surface area contributed by atoms with Gasteiger partial charge in [0, 0.05) is 6.20 Å². The van der Waals surface area contributed by atoms with Crippen LogP contribution in [0.2, 0.25) is 0 Å². The second-order valence-electron chi connectivity index (χ2n) is 5.63. The molecule has 0 bridgehead atoms. The van der Waals surface area contributed by atoms with Crippen molar-refractivity contribution in [2.75, 3.05) is 19.6 Å². The molecule has 4 nitrogen and oxygen atoms in total. The van der Waals surface area contributed by atoms with Gasteiger partial charge >= 0.3 is 0 Å². The maximum absolute atomic E-state index is 11.5. The zero-order chi connectivity index (χ0) is 13.9. The molecule has 0 aliphatic carbocycles. The maximum Gasteiger partial charge on any atom is 0.163 e. The first-order valence-corrected chi connectivity index (χ1v) is 7.43. The van der Waals surface area contributed by atoms with Crippen LogP contribution in [0.15, 0.2) is 24.5 Å². The minimum absolute atomic E-state index is 0.0711. The number of hydrogen-bond donors (Lipinski definition) is 0. The molecule has 0 amide bonds. The third-order valence-electron chi connectivity index (χ3n) is 4.10. The van der Waals surface area contributed by atoms with Gasteiger partial charge in [0.2, 0.25) is 0 Å². The number of aromatic nitrogens is 2. The molecule has 0 atom stereocenters. The molecule has 1 saturated heterocycles. The van der Waals surface area contributed by atoms with Crippen molar-refractivity contribution in [3.63, 3.8) is 0 Å². The lowest BCUT2D eigenvalue weighted by Gasteiger charge is -2.13. The summed E-state index contributed by atoms with van der Waals surface area (Å²) in [7, 11) is 0. The maximum atomic E-state index is 11.5. The summed E-state index contributed by atoms with van der Waals surface area (Å²) in [5.74, 6) is 0.0711. The summed E-state index contributed by atoms with van der Waals surface area (Å²) >= 11 is 0. The van der Waals surface area contributed by atoms with E-state index in [1.54, 1.807) is 13.1 Å². The Labute approximate surface area is 119 Å². The minimum atomic E-state index is 0.0711. The van der Waals surface area contributed by atoms with E-state index < -0.39 is 0 Å². The minimum Gasteiger partial charge on any atom is -0.303 e. The van der Waals surface area contributed by atoms with Gasteiger partial charge in [0.25, 0.3) is 0 Å². The van der Waals surface area contributed by atoms with Gasteiger partial charge in [-0.2, -0.15) is 5.10 Å². The second kappa shape index (κ2) is 5.75. The lowest BCUT2D eigenvalue weighted by atomic mass is 10.1. The van der Waals surface area contributed by atoms with Gasteiger partial charge in [0.1, 0.15) is 0 Å². The number of fused-ring (bicyclic) bond motifs is 1. The smallest absolute Gasteiger partial charge is 0.163 e. The van der Waals surface area contributed by atoms with Crippen LogP contribution in [0.4, 0.5) is 0 Å². The van der Waals surface area contributed by atoms with Gasteiger partial charge in [-0.25, -0.2) is 4.52 Å². The van der Waals surface area contributed by atoms with Crippen molar-refractivity contribution in [2.45, 2.75) is 32.6 Å². The Balaban J connectivity index is 1.65. The van der Waals surface area contributed by atoms with E-state index in [1.165, 1.54) is 44.5 Å². The van der Waals surface area contributed by atoms with Crippen molar-refractivity contribution < 1.29 is 4.79 Å². The highest BCUT2D eigenvalue weighted by Crippen LogP contribution is 2.14. The van der Waals surface area contributed by atoms with Crippen molar-refractivity contribution in [1.82, 2.24) is 14.5 Å². The number of nitrogens with zero attached hydrogens (tertiary/aromatic N) is 3. The molecule has 2 aromatic rings. The van der Waals surface area contributed by atoms with Gasteiger partial charge < -0.3 is 4.90 Å². The van der Waals surface area contributed by atoms with Gasteiger partial charge in [-0.1, -0.05) is 6.07 Å². The standard InChI is InChI=1S/C16H21N3O/c1-13(20)15-11-17-19-12-14(6-7-16(15)19)5-4-10-18-8-2-3-9-18/h6-7,11-12H,2-5,8-10H2,1H3. The van der Waals surface area contributed by atoms with Crippen LogP contribution >= 0.6 is 0 Å². The number of Topliss-reactive ketones (excluding diaryl/α,β-unsaturated/α-hetero) is 1. The number of hydrogen-bond acceptors (Lipinski definition) is 3. The third kappa shape index (κ3) is 2.75. The van der Waals surface area contributed by atoms with E-state index in [9.17, 15) is 4.79 Å². The number of pyridine rings is 1. The van der Waals surface area contributed by atoms with Crippen LogP contribution in [0.1, 0.15) is 42.1 Å². The highest BCUT2D eigenvalue weighted by Gasteiger charge is 2.11. The van der Waals surface area contributed by atoms with E-state index in [-0.39, 0.29) is 5.78 Å². The number of carbonyl (C=O) groups is 1. The zero-order valence-electron chi connectivity index (χ0n) is 12.0. The predicted octanol–water partition coefficient (Wildman–Crippen LogP) is 2.57. The van der Waals surface area contributed by atoms with Crippen molar-refractivity contribution in [1.29, 1.82) is 0 Å². The Bertz CT molecular complexity index is 611. The first-order chi connectivity index (χ1) is 9.74. The van der Waals surface area contributed by atoms with E-state index in [0.717, 1.165) is 11.9 Å². The molecule has 4 heteroatoms. The van der Waals surface area contributed by atoms with E-state index >= 15 is 0 Å². The first-order valence-electron chi connectivity index (χ1n) is 7.43. The summed E-state index contributed by atoms with van der Waals surface area (Å²) in [4.78, 5) is 14.0. The topological polar surface area (TPSA) is 37.6 Å². The molecule has 3 heterocycles. The molecule has 1 fully saturated rings. The van der Waals surface area contributed by atoms with Gasteiger partial charge in [0.15, 0.2) is 5.78 Å². The molecule has 3 rings (SSSR count). The summed E-state index contributed by atoms with van der Waals surface area (Å²) in [5, 5.41) is 4.27. The number of likely N-dealkylation sites (tertiary alicyclic amines) is 1. The Morgan fingerprint density at radius 1 is 1.30 bits per heavy atom. The molecular formula is C16H21N3O. The van der Waals surface area contributed by atoms with Crippen molar-refractivity contribution in [2.24, 2.45) is 0 Å². The Kier molecular flexibility index (Phi) is 3.83. The Morgan fingerprint density at radius 3 is 2.85 bits per heavy atom. The summed E-state index contributed by atoms with van der Waals surface area (Å²) in [5.41, 5.74) is 2.89. The molecule has 0 saturated carbocycles. The molecule has 20 heavy (non-hydrogen) atoms. The van der Waals surface area contributed by atoms with Crippen molar-refractivity contribution >= 4 is 11.3 Å². The SMILES string of the molecule is CC(=O)c1cnn2cc(CCCN3CCCC3)ccc12. The van der Waals surface area contributed by atoms with Crippen molar-refractivity contribution in [3.05, 3.63) is 35.7 Å². The molecule has 0 N–H and O–H groups in total. The van der Waals surface area contributed by atoms with E-state index in [4.69, 9.17) is 0 Å². The molecule has 1 aliphatic heterocycles. The van der Waals surface area contributed by atoms with Gasteiger partial charge in [0.05, 0.1) is 17.3 Å². The van der Waals surface area contributed by atoms with Crippen LogP contribution in [0.5, 0.6) is 0 Å². The number of rotatable bonds is 5. The molecule has 0 spiro atoms. The van der Waals surface area contributed by atoms with Gasteiger partial charge in [-0.15, -0.1) is 0 Å². The fraction of sp³-hybridized carbons (Fsp3) is 0.500. The normalized spacial score (nSPS) is 16.1. The van der Waals surface area contributed by atoms with Crippen LogP contribution in [0.3, 0.4) is 0 Å². The predicted molar refractivity (Wildman–Crippen MR) is 79.2 cm³/mol. The number of aryl methyl sites for hydroxylation is 1. The Morgan fingerprint density at radius 2 is 2.10 bits per heavy atom. The quantitative estimate of drug-likeness (QED) is 0.784. The molecule has 2 aromatic heterocycles. The summed E-state index contributed by atoms with van der Waals surface area (Å²) in [6.07, 6.45) is 8.67. The highest BCUT2D eigenvalue weighted by atomic mass is 16.1. The monoisotopic (exact) mass is 271 g/mol. The highest BCUT2D eigenvalue weighted by molar-refractivity contribution is 6.00. The largest absolute Gasteiger partial charge is 0.303 e. The molecule has 106 valence electrons. The molecule has 0 radical (unpaired) electrons. The fourth-order valence-corrected chi connectivity index (χ4v) is 2.96. The first kappa shape index (κ1) is 13.3. The van der Waals surface area contributed by atoms with Crippen LogP contribution in [-0.2, 0) is 6.42 Å². The lowest BCUT2D eigenvalue weighted by Crippen LogP contribution is -2.20. The van der Waals surface area contributed by atoms with Crippen LogP contribution in [0, 0.1) is 0 Å². The van der Waals surface area contributed by atoms with Gasteiger partial charge in [-0.05, 0) is 63.9 Å². The van der Waals surface area contributed by atoms with E-state index in [2.05, 4.69) is 16.1 Å². The number of ketones is 1. The second-order valence-corrected chi connectivity index (χ2v) is 5.63. The third-order valence-corrected chi connectivity index (χ3v) is 4.10. The van der Waals surface area contributed by atoms with Gasteiger partial charge in [-0.3, -0.25) is 4.79 Å². The van der Waals surface area contributed by atoms with E-state index in [1.807, 2.05) is 16.8 Å². The van der Waals surface area contributed by atoms with Crippen LogP contribution in [0.25, 0.3) is 5.52 Å².